The van der Waals surface area contributed by atoms with Crippen LogP contribution in [0.25, 0.3) is 0 Å². The first-order chi connectivity index (χ1) is 5.70. The standard InChI is InChI=1S/C10H11FO/c1-6-5-9-8(3-4-12-9)10(11)7(6)2/h5H,3-4H2,1-2H3. The van der Waals surface area contributed by atoms with Crippen molar-refractivity contribution in [3.05, 3.63) is 28.6 Å². The van der Waals surface area contributed by atoms with Crippen LogP contribution in [0.5, 0.6) is 5.75 Å². The molecular formula is C10H11FO. The molecule has 0 radical (unpaired) electrons. The molecule has 0 amide bonds. The SMILES string of the molecule is Cc1cc2c(c(F)c1C)CCO2. The molecule has 0 atom stereocenters. The second kappa shape index (κ2) is 2.47. The minimum Gasteiger partial charge on any atom is -0.493 e. The smallest absolute Gasteiger partial charge is 0.133 e. The Morgan fingerprint density at radius 3 is 2.92 bits per heavy atom. The van der Waals surface area contributed by atoms with Crippen LogP contribution in [-0.4, -0.2) is 6.61 Å². The maximum atomic E-state index is 13.5. The van der Waals surface area contributed by atoms with Crippen molar-refractivity contribution in [3.63, 3.8) is 0 Å². The van der Waals surface area contributed by atoms with E-state index in [0.717, 1.165) is 22.4 Å². The molecule has 1 heterocycles. The fourth-order valence-corrected chi connectivity index (χ4v) is 1.52. The summed E-state index contributed by atoms with van der Waals surface area (Å²) in [5.41, 5.74) is 2.46. The molecule has 0 N–H and O–H groups in total. The first-order valence-electron chi connectivity index (χ1n) is 4.11. The van der Waals surface area contributed by atoms with Crippen LogP contribution in [0.4, 0.5) is 4.39 Å². The van der Waals surface area contributed by atoms with Crippen molar-refractivity contribution in [3.8, 4) is 5.75 Å². The lowest BCUT2D eigenvalue weighted by atomic mass is 10.0. The Labute approximate surface area is 71.2 Å². The molecule has 0 spiro atoms. The third-order valence-corrected chi connectivity index (χ3v) is 2.44. The number of hydrogen-bond donors (Lipinski definition) is 0. The zero-order valence-corrected chi connectivity index (χ0v) is 7.28. The lowest BCUT2D eigenvalue weighted by Gasteiger charge is -2.06. The van der Waals surface area contributed by atoms with Crippen LogP contribution in [-0.2, 0) is 6.42 Å². The van der Waals surface area contributed by atoms with Crippen LogP contribution >= 0.6 is 0 Å². The number of aryl methyl sites for hydroxylation is 1. The van der Waals surface area contributed by atoms with Gasteiger partial charge in [0.05, 0.1) is 6.61 Å². The van der Waals surface area contributed by atoms with E-state index in [9.17, 15) is 4.39 Å². The molecule has 2 rings (SSSR count). The molecule has 0 bridgehead atoms. The molecule has 0 fully saturated rings. The molecule has 0 aliphatic carbocycles. The quantitative estimate of drug-likeness (QED) is 0.575. The van der Waals surface area contributed by atoms with Crippen LogP contribution < -0.4 is 4.74 Å². The largest absolute Gasteiger partial charge is 0.493 e. The summed E-state index contributed by atoms with van der Waals surface area (Å²) in [6.45, 7) is 4.33. The Bertz CT molecular complexity index is 331. The maximum absolute atomic E-state index is 13.5. The van der Waals surface area contributed by atoms with Gasteiger partial charge in [0.25, 0.3) is 0 Å². The van der Waals surface area contributed by atoms with E-state index in [-0.39, 0.29) is 5.82 Å². The van der Waals surface area contributed by atoms with E-state index in [4.69, 9.17) is 4.74 Å². The maximum Gasteiger partial charge on any atom is 0.133 e. The molecule has 0 saturated carbocycles. The Balaban J connectivity index is 2.67. The third kappa shape index (κ3) is 0.909. The van der Waals surface area contributed by atoms with Gasteiger partial charge in [0.1, 0.15) is 11.6 Å². The fourth-order valence-electron chi connectivity index (χ4n) is 1.52. The van der Waals surface area contributed by atoms with Gasteiger partial charge in [0.2, 0.25) is 0 Å². The van der Waals surface area contributed by atoms with Gasteiger partial charge >= 0.3 is 0 Å². The predicted molar refractivity (Wildman–Crippen MR) is 45.1 cm³/mol. The summed E-state index contributed by atoms with van der Waals surface area (Å²) >= 11 is 0. The number of hydrogen-bond acceptors (Lipinski definition) is 1. The average molecular weight is 166 g/mol. The van der Waals surface area contributed by atoms with E-state index in [1.165, 1.54) is 0 Å². The van der Waals surface area contributed by atoms with Gasteiger partial charge in [-0.3, -0.25) is 0 Å². The summed E-state index contributed by atoms with van der Waals surface area (Å²) in [7, 11) is 0. The molecule has 1 aromatic rings. The number of fused-ring (bicyclic) bond motifs is 1. The van der Waals surface area contributed by atoms with E-state index in [1.807, 2.05) is 19.9 Å². The molecule has 1 aromatic carbocycles. The van der Waals surface area contributed by atoms with Crippen LogP contribution in [0.1, 0.15) is 16.7 Å². The molecule has 1 aliphatic heterocycles. The molecule has 1 aliphatic rings. The average Bonchev–Trinajstić information content (AvgIpc) is 2.48. The van der Waals surface area contributed by atoms with E-state index in [2.05, 4.69) is 0 Å². The van der Waals surface area contributed by atoms with Crippen molar-refractivity contribution in [1.82, 2.24) is 0 Å². The third-order valence-electron chi connectivity index (χ3n) is 2.44. The predicted octanol–water partition coefficient (Wildman–Crippen LogP) is 2.38. The Kier molecular flexibility index (Phi) is 1.56. The van der Waals surface area contributed by atoms with Gasteiger partial charge in [-0.05, 0) is 31.0 Å². The summed E-state index contributed by atoms with van der Waals surface area (Å²) in [6, 6.07) is 1.92. The first kappa shape index (κ1) is 7.59. The Hall–Kier alpha value is -1.05. The highest BCUT2D eigenvalue weighted by atomic mass is 19.1. The van der Waals surface area contributed by atoms with Crippen LogP contribution in [0.2, 0.25) is 0 Å². The van der Waals surface area contributed by atoms with Gasteiger partial charge < -0.3 is 4.74 Å². The first-order valence-corrected chi connectivity index (χ1v) is 4.11. The van der Waals surface area contributed by atoms with Crippen LogP contribution in [0.3, 0.4) is 0 Å². The lowest BCUT2D eigenvalue weighted by Crippen LogP contribution is -1.92. The summed E-state index contributed by atoms with van der Waals surface area (Å²) < 4.78 is 18.8. The fraction of sp³-hybridized carbons (Fsp3) is 0.400. The number of halogens is 1. The molecule has 0 aromatic heterocycles. The minimum atomic E-state index is -0.0810. The molecule has 0 saturated heterocycles. The van der Waals surface area contributed by atoms with Crippen molar-refractivity contribution < 1.29 is 9.13 Å². The molecule has 64 valence electrons. The van der Waals surface area contributed by atoms with Crippen molar-refractivity contribution in [2.24, 2.45) is 0 Å². The molecule has 0 unspecified atom stereocenters. The van der Waals surface area contributed by atoms with Gasteiger partial charge in [-0.15, -0.1) is 0 Å². The van der Waals surface area contributed by atoms with Gasteiger partial charge in [0.15, 0.2) is 0 Å². The Morgan fingerprint density at radius 2 is 2.17 bits per heavy atom. The zero-order chi connectivity index (χ0) is 8.72. The van der Waals surface area contributed by atoms with Crippen molar-refractivity contribution >= 4 is 0 Å². The summed E-state index contributed by atoms with van der Waals surface area (Å²) in [5, 5.41) is 0. The number of ether oxygens (including phenoxy) is 1. The van der Waals surface area contributed by atoms with Gasteiger partial charge in [-0.2, -0.15) is 0 Å². The molecular weight excluding hydrogens is 155 g/mol. The van der Waals surface area contributed by atoms with Crippen LogP contribution in [0, 0.1) is 19.7 Å². The summed E-state index contributed by atoms with van der Waals surface area (Å²) in [5.74, 6) is 0.651. The van der Waals surface area contributed by atoms with Crippen molar-refractivity contribution in [1.29, 1.82) is 0 Å². The van der Waals surface area contributed by atoms with Crippen molar-refractivity contribution in [2.75, 3.05) is 6.61 Å². The highest BCUT2D eigenvalue weighted by Crippen LogP contribution is 2.31. The monoisotopic (exact) mass is 166 g/mol. The highest BCUT2D eigenvalue weighted by molar-refractivity contribution is 5.45. The molecule has 12 heavy (non-hydrogen) atoms. The van der Waals surface area contributed by atoms with Gasteiger partial charge in [0, 0.05) is 12.0 Å². The topological polar surface area (TPSA) is 9.23 Å². The van der Waals surface area contributed by atoms with E-state index in [1.54, 1.807) is 0 Å². The molecule has 2 heteroatoms. The van der Waals surface area contributed by atoms with Gasteiger partial charge in [-0.25, -0.2) is 4.39 Å². The second-order valence-electron chi connectivity index (χ2n) is 3.21. The lowest BCUT2D eigenvalue weighted by molar-refractivity contribution is 0.356. The minimum absolute atomic E-state index is 0.0810. The zero-order valence-electron chi connectivity index (χ0n) is 7.28. The van der Waals surface area contributed by atoms with E-state index in [0.29, 0.717) is 13.0 Å². The number of rotatable bonds is 0. The molecule has 1 nitrogen and oxygen atoms in total. The second-order valence-corrected chi connectivity index (χ2v) is 3.21. The normalized spacial score (nSPS) is 14.2. The van der Waals surface area contributed by atoms with E-state index >= 15 is 0 Å². The van der Waals surface area contributed by atoms with Crippen LogP contribution in [0.15, 0.2) is 6.07 Å². The Morgan fingerprint density at radius 1 is 1.42 bits per heavy atom. The van der Waals surface area contributed by atoms with E-state index < -0.39 is 0 Å². The van der Waals surface area contributed by atoms with Crippen molar-refractivity contribution in [2.45, 2.75) is 20.3 Å². The number of benzene rings is 1. The van der Waals surface area contributed by atoms with Gasteiger partial charge in [-0.1, -0.05) is 0 Å². The summed E-state index contributed by atoms with van der Waals surface area (Å²) in [6.07, 6.45) is 0.711. The summed E-state index contributed by atoms with van der Waals surface area (Å²) in [4.78, 5) is 0. The highest BCUT2D eigenvalue weighted by Gasteiger charge is 2.19.